The standard InChI is InChI=1S/C11H20N4O2/c1-4-17-6-5-13-10(16)7-15-9(3)11(12)8(2)14-15/h4-7,12H2,1-3H3,(H,13,16). The number of nitrogens with one attached hydrogen (secondary N) is 1. The molecule has 3 N–H and O–H groups in total. The molecule has 0 aliphatic rings. The molecule has 0 aromatic carbocycles. The summed E-state index contributed by atoms with van der Waals surface area (Å²) in [6.45, 7) is 7.48. The molecule has 1 aromatic rings. The zero-order valence-electron chi connectivity index (χ0n) is 10.6. The van der Waals surface area contributed by atoms with E-state index in [-0.39, 0.29) is 12.5 Å². The molecule has 6 nitrogen and oxygen atoms in total. The minimum atomic E-state index is -0.0877. The molecule has 0 aliphatic heterocycles. The molecule has 0 aliphatic carbocycles. The van der Waals surface area contributed by atoms with E-state index in [0.29, 0.717) is 25.4 Å². The summed E-state index contributed by atoms with van der Waals surface area (Å²) in [7, 11) is 0. The number of nitrogens with two attached hydrogens (primary N) is 1. The number of aromatic nitrogens is 2. The second-order valence-electron chi connectivity index (χ2n) is 3.79. The van der Waals surface area contributed by atoms with E-state index in [1.54, 1.807) is 4.68 Å². The van der Waals surface area contributed by atoms with Crippen LogP contribution in [0.2, 0.25) is 0 Å². The monoisotopic (exact) mass is 240 g/mol. The van der Waals surface area contributed by atoms with Crippen LogP contribution in [0.25, 0.3) is 0 Å². The van der Waals surface area contributed by atoms with Crippen LogP contribution >= 0.6 is 0 Å². The van der Waals surface area contributed by atoms with Crippen molar-refractivity contribution in [2.24, 2.45) is 0 Å². The number of anilines is 1. The van der Waals surface area contributed by atoms with Crippen molar-refractivity contribution in [3.63, 3.8) is 0 Å². The smallest absolute Gasteiger partial charge is 0.241 e. The van der Waals surface area contributed by atoms with Crippen LogP contribution in [0.3, 0.4) is 0 Å². The van der Waals surface area contributed by atoms with Gasteiger partial charge in [0.25, 0.3) is 0 Å². The van der Waals surface area contributed by atoms with Crippen LogP contribution in [0.5, 0.6) is 0 Å². The first kappa shape index (κ1) is 13.5. The maximum atomic E-state index is 11.6. The number of rotatable bonds is 6. The fraction of sp³-hybridized carbons (Fsp3) is 0.636. The minimum Gasteiger partial charge on any atom is -0.396 e. The lowest BCUT2D eigenvalue weighted by atomic mass is 10.3. The lowest BCUT2D eigenvalue weighted by molar-refractivity contribution is -0.122. The predicted molar refractivity (Wildman–Crippen MR) is 65.6 cm³/mol. The van der Waals surface area contributed by atoms with Gasteiger partial charge in [0, 0.05) is 13.2 Å². The van der Waals surface area contributed by atoms with Crippen molar-refractivity contribution in [1.29, 1.82) is 0 Å². The van der Waals surface area contributed by atoms with Gasteiger partial charge in [-0.2, -0.15) is 5.10 Å². The zero-order chi connectivity index (χ0) is 12.8. The van der Waals surface area contributed by atoms with Gasteiger partial charge in [-0.15, -0.1) is 0 Å². The van der Waals surface area contributed by atoms with Crippen molar-refractivity contribution in [3.8, 4) is 0 Å². The Morgan fingerprint density at radius 1 is 1.53 bits per heavy atom. The number of amides is 1. The normalized spacial score (nSPS) is 10.5. The molecule has 6 heteroatoms. The molecular weight excluding hydrogens is 220 g/mol. The van der Waals surface area contributed by atoms with Crippen LogP contribution in [0.1, 0.15) is 18.3 Å². The molecule has 17 heavy (non-hydrogen) atoms. The van der Waals surface area contributed by atoms with Crippen molar-refractivity contribution in [1.82, 2.24) is 15.1 Å². The first-order valence-electron chi connectivity index (χ1n) is 5.70. The maximum Gasteiger partial charge on any atom is 0.241 e. The van der Waals surface area contributed by atoms with Gasteiger partial charge in [-0.25, -0.2) is 0 Å². The van der Waals surface area contributed by atoms with Gasteiger partial charge in [0.1, 0.15) is 6.54 Å². The summed E-state index contributed by atoms with van der Waals surface area (Å²) in [6.07, 6.45) is 0. The Kier molecular flexibility index (Phi) is 4.96. The quantitative estimate of drug-likeness (QED) is 0.698. The number of ether oxygens (including phenoxy) is 1. The van der Waals surface area contributed by atoms with E-state index in [4.69, 9.17) is 10.5 Å². The fourth-order valence-electron chi connectivity index (χ4n) is 1.46. The van der Waals surface area contributed by atoms with Crippen LogP contribution in [0.4, 0.5) is 5.69 Å². The predicted octanol–water partition coefficient (Wildman–Crippen LogP) is 0.235. The average molecular weight is 240 g/mol. The van der Waals surface area contributed by atoms with Gasteiger partial charge in [0.2, 0.25) is 5.91 Å². The molecule has 0 radical (unpaired) electrons. The van der Waals surface area contributed by atoms with Gasteiger partial charge in [-0.1, -0.05) is 0 Å². The van der Waals surface area contributed by atoms with E-state index in [9.17, 15) is 4.79 Å². The van der Waals surface area contributed by atoms with Gasteiger partial charge in [-0.05, 0) is 20.8 Å². The lowest BCUT2D eigenvalue weighted by Crippen LogP contribution is -2.31. The van der Waals surface area contributed by atoms with Gasteiger partial charge in [0.05, 0.1) is 23.7 Å². The molecule has 1 amide bonds. The second-order valence-corrected chi connectivity index (χ2v) is 3.79. The van der Waals surface area contributed by atoms with Crippen LogP contribution < -0.4 is 11.1 Å². The summed E-state index contributed by atoms with van der Waals surface area (Å²) >= 11 is 0. The lowest BCUT2D eigenvalue weighted by Gasteiger charge is -2.06. The largest absolute Gasteiger partial charge is 0.396 e. The first-order valence-corrected chi connectivity index (χ1v) is 5.70. The molecular formula is C11H20N4O2. The van der Waals surface area contributed by atoms with Crippen LogP contribution in [-0.4, -0.2) is 35.4 Å². The average Bonchev–Trinajstić information content (AvgIpc) is 2.53. The van der Waals surface area contributed by atoms with Gasteiger partial charge < -0.3 is 15.8 Å². The first-order chi connectivity index (χ1) is 8.06. The van der Waals surface area contributed by atoms with E-state index in [1.165, 1.54) is 0 Å². The maximum absolute atomic E-state index is 11.6. The van der Waals surface area contributed by atoms with Crippen molar-refractivity contribution < 1.29 is 9.53 Å². The van der Waals surface area contributed by atoms with Crippen molar-refractivity contribution >= 4 is 11.6 Å². The molecule has 1 heterocycles. The van der Waals surface area contributed by atoms with E-state index in [0.717, 1.165) is 11.4 Å². The molecule has 0 unspecified atom stereocenters. The van der Waals surface area contributed by atoms with E-state index in [1.807, 2.05) is 20.8 Å². The Morgan fingerprint density at radius 2 is 2.24 bits per heavy atom. The van der Waals surface area contributed by atoms with Crippen LogP contribution in [-0.2, 0) is 16.1 Å². The number of nitrogen functional groups attached to an aromatic ring is 1. The summed E-state index contributed by atoms with van der Waals surface area (Å²) in [5.41, 5.74) is 8.00. The molecule has 0 fully saturated rings. The number of nitrogens with zero attached hydrogens (tertiary/aromatic N) is 2. The number of carbonyl (C=O) groups is 1. The SMILES string of the molecule is CCOCCNC(=O)Cn1nc(C)c(N)c1C. The Morgan fingerprint density at radius 3 is 2.76 bits per heavy atom. The van der Waals surface area contributed by atoms with Crippen molar-refractivity contribution in [2.45, 2.75) is 27.3 Å². The summed E-state index contributed by atoms with van der Waals surface area (Å²) in [6, 6.07) is 0. The third-order valence-electron chi connectivity index (χ3n) is 2.50. The number of hydrogen-bond donors (Lipinski definition) is 2. The number of aryl methyl sites for hydroxylation is 1. The summed E-state index contributed by atoms with van der Waals surface area (Å²) < 4.78 is 6.74. The van der Waals surface area contributed by atoms with Crippen LogP contribution in [0, 0.1) is 13.8 Å². The number of carbonyl (C=O) groups excluding carboxylic acids is 1. The molecule has 0 spiro atoms. The summed E-state index contributed by atoms with van der Waals surface area (Å²) in [5, 5.41) is 6.95. The third kappa shape index (κ3) is 3.74. The van der Waals surface area contributed by atoms with Gasteiger partial charge >= 0.3 is 0 Å². The molecule has 0 atom stereocenters. The molecule has 1 rings (SSSR count). The van der Waals surface area contributed by atoms with Gasteiger partial charge in [0.15, 0.2) is 0 Å². The van der Waals surface area contributed by atoms with E-state index < -0.39 is 0 Å². The minimum absolute atomic E-state index is 0.0877. The highest BCUT2D eigenvalue weighted by Crippen LogP contribution is 2.14. The van der Waals surface area contributed by atoms with E-state index >= 15 is 0 Å². The molecule has 0 bridgehead atoms. The second kappa shape index (κ2) is 6.24. The van der Waals surface area contributed by atoms with E-state index in [2.05, 4.69) is 10.4 Å². The summed E-state index contributed by atoms with van der Waals surface area (Å²) in [5.74, 6) is -0.0877. The fourth-order valence-corrected chi connectivity index (χ4v) is 1.46. The topological polar surface area (TPSA) is 82.2 Å². The summed E-state index contributed by atoms with van der Waals surface area (Å²) in [4.78, 5) is 11.6. The Balaban J connectivity index is 2.42. The highest BCUT2D eigenvalue weighted by Gasteiger charge is 2.10. The highest BCUT2D eigenvalue weighted by atomic mass is 16.5. The zero-order valence-corrected chi connectivity index (χ0v) is 10.6. The number of hydrogen-bond acceptors (Lipinski definition) is 4. The van der Waals surface area contributed by atoms with Crippen LogP contribution in [0.15, 0.2) is 0 Å². The Hall–Kier alpha value is -1.56. The molecule has 96 valence electrons. The highest BCUT2D eigenvalue weighted by molar-refractivity contribution is 5.75. The third-order valence-corrected chi connectivity index (χ3v) is 2.50. The van der Waals surface area contributed by atoms with Crippen molar-refractivity contribution in [2.75, 3.05) is 25.5 Å². The Labute approximate surface area is 101 Å². The molecule has 1 aromatic heterocycles. The Bertz CT molecular complexity index is 387. The van der Waals surface area contributed by atoms with Crippen molar-refractivity contribution in [3.05, 3.63) is 11.4 Å². The molecule has 0 saturated heterocycles. The molecule has 0 saturated carbocycles. The van der Waals surface area contributed by atoms with Gasteiger partial charge in [-0.3, -0.25) is 9.48 Å².